The Morgan fingerprint density at radius 3 is 2.65 bits per heavy atom. The van der Waals surface area contributed by atoms with Crippen LogP contribution < -0.4 is 11.1 Å². The SMILES string of the molecule is C/C(=C\c1ccccc1)[C@@H]1C[C@H]1NC1CCN(CC(N)=O)CC1. The van der Waals surface area contributed by atoms with Crippen LogP contribution in [0.25, 0.3) is 6.08 Å². The van der Waals surface area contributed by atoms with Crippen molar-refractivity contribution in [2.45, 2.75) is 38.3 Å². The summed E-state index contributed by atoms with van der Waals surface area (Å²) in [6.07, 6.45) is 5.77. The Morgan fingerprint density at radius 1 is 1.30 bits per heavy atom. The first-order chi connectivity index (χ1) is 11.1. The maximum absolute atomic E-state index is 11.0. The lowest BCUT2D eigenvalue weighted by Gasteiger charge is -2.31. The predicted molar refractivity (Wildman–Crippen MR) is 93.8 cm³/mol. The third-order valence-corrected chi connectivity index (χ3v) is 4.99. The second-order valence-electron chi connectivity index (χ2n) is 6.93. The fraction of sp³-hybridized carbons (Fsp3) is 0.526. The number of piperidine rings is 1. The van der Waals surface area contributed by atoms with E-state index in [0.29, 0.717) is 24.5 Å². The first-order valence-corrected chi connectivity index (χ1v) is 8.62. The highest BCUT2D eigenvalue weighted by molar-refractivity contribution is 5.75. The summed E-state index contributed by atoms with van der Waals surface area (Å²) < 4.78 is 0. The monoisotopic (exact) mass is 313 g/mol. The molecule has 3 rings (SSSR count). The van der Waals surface area contributed by atoms with Gasteiger partial charge in [0.05, 0.1) is 6.54 Å². The molecule has 1 saturated carbocycles. The molecule has 3 N–H and O–H groups in total. The normalized spacial score (nSPS) is 26.2. The lowest BCUT2D eigenvalue weighted by atomic mass is 10.0. The van der Waals surface area contributed by atoms with Crippen molar-refractivity contribution < 1.29 is 4.79 Å². The van der Waals surface area contributed by atoms with Crippen molar-refractivity contribution in [3.63, 3.8) is 0 Å². The quantitative estimate of drug-likeness (QED) is 0.845. The number of hydrogen-bond donors (Lipinski definition) is 2. The van der Waals surface area contributed by atoms with Crippen LogP contribution in [0.1, 0.15) is 31.7 Å². The van der Waals surface area contributed by atoms with E-state index in [1.165, 1.54) is 17.6 Å². The lowest BCUT2D eigenvalue weighted by molar-refractivity contribution is -0.119. The van der Waals surface area contributed by atoms with Crippen LogP contribution in [0.3, 0.4) is 0 Å². The van der Waals surface area contributed by atoms with E-state index in [1.807, 2.05) is 0 Å². The number of carbonyl (C=O) groups is 1. The second-order valence-corrected chi connectivity index (χ2v) is 6.93. The zero-order valence-electron chi connectivity index (χ0n) is 13.9. The summed E-state index contributed by atoms with van der Waals surface area (Å²) >= 11 is 0. The van der Waals surface area contributed by atoms with E-state index in [2.05, 4.69) is 53.5 Å². The van der Waals surface area contributed by atoms with E-state index in [-0.39, 0.29) is 5.91 Å². The van der Waals surface area contributed by atoms with Gasteiger partial charge in [-0.15, -0.1) is 0 Å². The predicted octanol–water partition coefficient (Wildman–Crippen LogP) is 2.02. The molecule has 2 aliphatic rings. The van der Waals surface area contributed by atoms with Crippen molar-refractivity contribution in [3.05, 3.63) is 41.5 Å². The molecule has 4 nitrogen and oxygen atoms in total. The second kappa shape index (κ2) is 7.28. The number of nitrogens with zero attached hydrogens (tertiary/aromatic N) is 1. The summed E-state index contributed by atoms with van der Waals surface area (Å²) in [6, 6.07) is 11.7. The fourth-order valence-electron chi connectivity index (χ4n) is 3.58. The number of hydrogen-bond acceptors (Lipinski definition) is 3. The molecule has 0 radical (unpaired) electrons. The number of benzene rings is 1. The molecular weight excluding hydrogens is 286 g/mol. The Balaban J connectivity index is 1.43. The number of nitrogens with two attached hydrogens (primary N) is 1. The van der Waals surface area contributed by atoms with Gasteiger partial charge in [-0.25, -0.2) is 0 Å². The largest absolute Gasteiger partial charge is 0.369 e. The molecule has 2 atom stereocenters. The molecule has 1 aromatic rings. The zero-order valence-corrected chi connectivity index (χ0v) is 13.9. The van der Waals surface area contributed by atoms with Crippen LogP contribution in [0.5, 0.6) is 0 Å². The van der Waals surface area contributed by atoms with Crippen molar-refractivity contribution >= 4 is 12.0 Å². The average molecular weight is 313 g/mol. The molecule has 4 heteroatoms. The molecule has 0 unspecified atom stereocenters. The standard InChI is InChI=1S/C19H27N3O/c1-14(11-15-5-3-2-4-6-15)17-12-18(17)21-16-7-9-22(10-8-16)13-19(20)23/h2-6,11,16-18,21H,7-10,12-13H2,1H3,(H2,20,23)/b14-11+/t17-,18+/m0/s1. The highest BCUT2D eigenvalue weighted by Gasteiger charge is 2.39. The molecule has 1 saturated heterocycles. The van der Waals surface area contributed by atoms with Gasteiger partial charge in [0.25, 0.3) is 0 Å². The zero-order chi connectivity index (χ0) is 16.2. The molecule has 1 heterocycles. The Hall–Kier alpha value is -1.65. The van der Waals surface area contributed by atoms with Gasteiger partial charge in [0.15, 0.2) is 0 Å². The number of primary amides is 1. The topological polar surface area (TPSA) is 58.4 Å². The molecule has 1 aliphatic carbocycles. The summed E-state index contributed by atoms with van der Waals surface area (Å²) in [6.45, 7) is 4.58. The maximum Gasteiger partial charge on any atom is 0.231 e. The summed E-state index contributed by atoms with van der Waals surface area (Å²) in [4.78, 5) is 13.1. The molecule has 1 amide bonds. The minimum absolute atomic E-state index is 0.222. The van der Waals surface area contributed by atoms with Gasteiger partial charge in [0.2, 0.25) is 5.91 Å². The van der Waals surface area contributed by atoms with E-state index >= 15 is 0 Å². The van der Waals surface area contributed by atoms with Crippen LogP contribution in [0.4, 0.5) is 0 Å². The minimum atomic E-state index is -0.222. The van der Waals surface area contributed by atoms with E-state index in [9.17, 15) is 4.79 Å². The van der Waals surface area contributed by atoms with Crippen LogP contribution in [-0.2, 0) is 4.79 Å². The van der Waals surface area contributed by atoms with Crippen LogP contribution in [0, 0.1) is 5.92 Å². The third-order valence-electron chi connectivity index (χ3n) is 4.99. The maximum atomic E-state index is 11.0. The van der Waals surface area contributed by atoms with Gasteiger partial charge in [-0.2, -0.15) is 0 Å². The van der Waals surface area contributed by atoms with Crippen molar-refractivity contribution in [1.82, 2.24) is 10.2 Å². The summed E-state index contributed by atoms with van der Waals surface area (Å²) in [7, 11) is 0. The minimum Gasteiger partial charge on any atom is -0.369 e. The molecule has 23 heavy (non-hydrogen) atoms. The van der Waals surface area contributed by atoms with Crippen LogP contribution in [-0.4, -0.2) is 42.5 Å². The molecule has 1 aromatic carbocycles. The smallest absolute Gasteiger partial charge is 0.231 e. The number of nitrogens with one attached hydrogen (secondary N) is 1. The Labute approximate surface area is 138 Å². The van der Waals surface area contributed by atoms with Crippen molar-refractivity contribution in [3.8, 4) is 0 Å². The van der Waals surface area contributed by atoms with E-state index in [4.69, 9.17) is 5.73 Å². The van der Waals surface area contributed by atoms with Gasteiger partial charge in [-0.05, 0) is 37.7 Å². The summed E-state index contributed by atoms with van der Waals surface area (Å²) in [5, 5.41) is 3.80. The van der Waals surface area contributed by atoms with Crippen LogP contribution in [0.2, 0.25) is 0 Å². The molecule has 0 aromatic heterocycles. The first-order valence-electron chi connectivity index (χ1n) is 8.62. The molecule has 0 bridgehead atoms. The summed E-state index contributed by atoms with van der Waals surface area (Å²) in [5.74, 6) is 0.458. The molecule has 0 spiro atoms. The van der Waals surface area contributed by atoms with Crippen molar-refractivity contribution in [2.24, 2.45) is 11.7 Å². The lowest BCUT2D eigenvalue weighted by Crippen LogP contribution is -2.46. The third kappa shape index (κ3) is 4.66. The van der Waals surface area contributed by atoms with Crippen molar-refractivity contribution in [2.75, 3.05) is 19.6 Å². The Kier molecular flexibility index (Phi) is 5.13. The van der Waals surface area contributed by atoms with E-state index in [1.54, 1.807) is 0 Å². The highest BCUT2D eigenvalue weighted by Crippen LogP contribution is 2.38. The Bertz CT molecular complexity index is 561. The van der Waals surface area contributed by atoms with Gasteiger partial charge in [0, 0.05) is 25.2 Å². The number of likely N-dealkylation sites (tertiary alicyclic amines) is 1. The van der Waals surface area contributed by atoms with Gasteiger partial charge in [0.1, 0.15) is 0 Å². The van der Waals surface area contributed by atoms with E-state index < -0.39 is 0 Å². The van der Waals surface area contributed by atoms with E-state index in [0.717, 1.165) is 25.9 Å². The highest BCUT2D eigenvalue weighted by atomic mass is 16.1. The first kappa shape index (κ1) is 16.2. The van der Waals surface area contributed by atoms with Gasteiger partial charge >= 0.3 is 0 Å². The molecular formula is C19H27N3O. The average Bonchev–Trinajstić information content (AvgIpc) is 3.29. The molecule has 1 aliphatic heterocycles. The van der Waals surface area contributed by atoms with Gasteiger partial charge in [-0.1, -0.05) is 42.0 Å². The number of rotatable bonds is 6. The molecule has 2 fully saturated rings. The fourth-order valence-corrected chi connectivity index (χ4v) is 3.58. The molecule has 124 valence electrons. The van der Waals surface area contributed by atoms with Crippen LogP contribution in [0.15, 0.2) is 35.9 Å². The van der Waals surface area contributed by atoms with Gasteiger partial charge < -0.3 is 11.1 Å². The Morgan fingerprint density at radius 2 is 2.00 bits per heavy atom. The van der Waals surface area contributed by atoms with Crippen molar-refractivity contribution in [1.29, 1.82) is 0 Å². The number of carbonyl (C=O) groups excluding carboxylic acids is 1. The number of amides is 1. The van der Waals surface area contributed by atoms with Gasteiger partial charge in [-0.3, -0.25) is 9.69 Å². The van der Waals surface area contributed by atoms with Crippen LogP contribution >= 0.6 is 0 Å². The summed E-state index contributed by atoms with van der Waals surface area (Å²) in [5.41, 5.74) is 8.02.